The van der Waals surface area contributed by atoms with E-state index in [0.29, 0.717) is 40.5 Å². The van der Waals surface area contributed by atoms with Crippen LogP contribution in [-0.2, 0) is 11.2 Å². The van der Waals surface area contributed by atoms with Gasteiger partial charge in [0.1, 0.15) is 5.56 Å². The van der Waals surface area contributed by atoms with Crippen molar-refractivity contribution in [3.8, 4) is 11.5 Å². The quantitative estimate of drug-likeness (QED) is 0.578. The summed E-state index contributed by atoms with van der Waals surface area (Å²) in [5.74, 6) is -0.107. The number of fused-ring (bicyclic) bond motifs is 2. The maximum Gasteiger partial charge on any atom is 0.254 e. The molecule has 10 heteroatoms. The van der Waals surface area contributed by atoms with Crippen LogP contribution in [0.25, 0.3) is 5.65 Å². The van der Waals surface area contributed by atoms with E-state index in [-0.39, 0.29) is 30.5 Å². The van der Waals surface area contributed by atoms with Crippen LogP contribution >= 0.6 is 0 Å². The van der Waals surface area contributed by atoms with E-state index in [4.69, 9.17) is 15.2 Å². The number of primary amides is 1. The van der Waals surface area contributed by atoms with Gasteiger partial charge in [-0.1, -0.05) is 0 Å². The molecule has 1 aliphatic rings. The van der Waals surface area contributed by atoms with Gasteiger partial charge in [-0.25, -0.2) is 9.50 Å². The number of anilines is 1. The number of nitrogens with one attached hydrogen (secondary N) is 1. The summed E-state index contributed by atoms with van der Waals surface area (Å²) in [6.45, 7) is 5.15. The molecule has 0 saturated carbocycles. The van der Waals surface area contributed by atoms with Crippen molar-refractivity contribution in [2.45, 2.75) is 33.6 Å². The Morgan fingerprint density at radius 3 is 2.55 bits per heavy atom. The molecule has 2 aromatic heterocycles. The van der Waals surface area contributed by atoms with E-state index in [1.54, 1.807) is 16.6 Å². The van der Waals surface area contributed by atoms with Crippen LogP contribution in [0.3, 0.4) is 0 Å². The summed E-state index contributed by atoms with van der Waals surface area (Å²) >= 11 is 0. The van der Waals surface area contributed by atoms with Gasteiger partial charge >= 0.3 is 0 Å². The highest BCUT2D eigenvalue weighted by atomic mass is 16.7. The number of Topliss-reactive ketones (excluding diaryl/α,β-unsaturated/α-hetero) is 1. The molecule has 0 aliphatic carbocycles. The van der Waals surface area contributed by atoms with Crippen LogP contribution < -0.4 is 20.5 Å². The first-order valence-electron chi connectivity index (χ1n) is 9.64. The molecule has 0 saturated heterocycles. The lowest BCUT2D eigenvalue weighted by molar-refractivity contribution is -0.116. The van der Waals surface area contributed by atoms with Crippen molar-refractivity contribution in [3.63, 3.8) is 0 Å². The van der Waals surface area contributed by atoms with Gasteiger partial charge in [-0.2, -0.15) is 5.10 Å². The van der Waals surface area contributed by atoms with Crippen molar-refractivity contribution in [2.75, 3.05) is 12.1 Å². The Hall–Kier alpha value is -3.95. The highest BCUT2D eigenvalue weighted by molar-refractivity contribution is 6.04. The van der Waals surface area contributed by atoms with E-state index in [9.17, 15) is 14.4 Å². The number of nitrogens with zero attached hydrogens (tertiary/aromatic N) is 3. The molecule has 3 N–H and O–H groups in total. The monoisotopic (exact) mass is 423 g/mol. The van der Waals surface area contributed by atoms with Gasteiger partial charge in [-0.3, -0.25) is 14.4 Å². The number of benzene rings is 1. The fraction of sp³-hybridized carbons (Fsp3) is 0.286. The number of carbonyl (C=O) groups excluding carboxylic acids is 3. The van der Waals surface area contributed by atoms with Gasteiger partial charge in [0.2, 0.25) is 12.7 Å². The first-order valence-corrected chi connectivity index (χ1v) is 9.64. The Kier molecular flexibility index (Phi) is 5.05. The van der Waals surface area contributed by atoms with E-state index in [1.807, 2.05) is 13.8 Å². The number of aromatic nitrogens is 3. The molecule has 0 spiro atoms. The van der Waals surface area contributed by atoms with Crippen molar-refractivity contribution in [3.05, 3.63) is 46.4 Å². The molecule has 1 aromatic carbocycles. The Labute approximate surface area is 177 Å². The summed E-state index contributed by atoms with van der Waals surface area (Å²) < 4.78 is 12.2. The lowest BCUT2D eigenvalue weighted by Gasteiger charge is -2.13. The number of nitrogens with two attached hydrogens (primary N) is 1. The fourth-order valence-electron chi connectivity index (χ4n) is 3.63. The van der Waals surface area contributed by atoms with Crippen molar-refractivity contribution in [1.82, 2.24) is 14.6 Å². The normalized spacial score (nSPS) is 12.2. The van der Waals surface area contributed by atoms with Crippen molar-refractivity contribution >= 4 is 28.9 Å². The highest BCUT2D eigenvalue weighted by Gasteiger charge is 2.21. The van der Waals surface area contributed by atoms with Crippen molar-refractivity contribution < 1.29 is 23.9 Å². The lowest BCUT2D eigenvalue weighted by Crippen LogP contribution is -2.16. The second kappa shape index (κ2) is 7.71. The van der Waals surface area contributed by atoms with Crippen LogP contribution in [0.5, 0.6) is 11.5 Å². The summed E-state index contributed by atoms with van der Waals surface area (Å²) in [6.07, 6.45) is 1.94. The summed E-state index contributed by atoms with van der Waals surface area (Å²) in [4.78, 5) is 40.6. The molecule has 0 radical (unpaired) electrons. The summed E-state index contributed by atoms with van der Waals surface area (Å²) in [7, 11) is 0. The zero-order valence-electron chi connectivity index (χ0n) is 17.3. The van der Waals surface area contributed by atoms with E-state index >= 15 is 0 Å². The molecule has 0 fully saturated rings. The second-order valence-corrected chi connectivity index (χ2v) is 7.27. The first kappa shape index (κ1) is 20.3. The zero-order chi connectivity index (χ0) is 22.3. The third kappa shape index (κ3) is 3.67. The van der Waals surface area contributed by atoms with Crippen LogP contribution in [0.15, 0.2) is 18.3 Å². The second-order valence-electron chi connectivity index (χ2n) is 7.27. The molecular formula is C21H21N5O5. The Bertz CT molecular complexity index is 1250. The van der Waals surface area contributed by atoms with Gasteiger partial charge in [0.15, 0.2) is 22.9 Å². The maximum atomic E-state index is 12.6. The highest BCUT2D eigenvalue weighted by Crippen LogP contribution is 2.37. The predicted octanol–water partition coefficient (Wildman–Crippen LogP) is 1.95. The number of carbonyl (C=O) groups is 3. The molecule has 0 bridgehead atoms. The van der Waals surface area contributed by atoms with E-state index < -0.39 is 5.91 Å². The van der Waals surface area contributed by atoms with Crippen molar-refractivity contribution in [2.24, 2.45) is 5.73 Å². The number of rotatable bonds is 6. The smallest absolute Gasteiger partial charge is 0.254 e. The standard InChI is InChI=1S/C21H21N5O5/c1-10-13(11(2)26-21(24-10)15(8-23-26)20(22)29)4-5-19(28)25-16-7-18-17(30-9-31-18)6-14(16)12(3)27/h6-8H,4-5,9H2,1-3H3,(H2,22,29)(H,25,28). The molecule has 3 aromatic rings. The third-order valence-corrected chi connectivity index (χ3v) is 5.24. The van der Waals surface area contributed by atoms with Gasteiger partial charge in [0.05, 0.1) is 11.9 Å². The first-order chi connectivity index (χ1) is 14.8. The van der Waals surface area contributed by atoms with E-state index in [0.717, 1.165) is 11.3 Å². The molecule has 3 heterocycles. The van der Waals surface area contributed by atoms with Gasteiger partial charge in [0, 0.05) is 29.4 Å². The Morgan fingerprint density at radius 2 is 1.87 bits per heavy atom. The Balaban J connectivity index is 1.54. The average Bonchev–Trinajstić information content (AvgIpc) is 3.33. The minimum Gasteiger partial charge on any atom is -0.454 e. The SMILES string of the molecule is CC(=O)c1cc2c(cc1NC(=O)CCc1c(C)nc3c(C(N)=O)cnn3c1C)OCO2. The number of hydrogen-bond acceptors (Lipinski definition) is 7. The van der Waals surface area contributed by atoms with Gasteiger partial charge in [-0.15, -0.1) is 0 Å². The number of amides is 2. The van der Waals surface area contributed by atoms with Gasteiger partial charge in [-0.05, 0) is 38.8 Å². The summed E-state index contributed by atoms with van der Waals surface area (Å²) in [5.41, 5.74) is 9.05. The molecule has 1 aliphatic heterocycles. The minimum atomic E-state index is -0.599. The van der Waals surface area contributed by atoms with Crippen LogP contribution in [0, 0.1) is 13.8 Å². The predicted molar refractivity (Wildman–Crippen MR) is 110 cm³/mol. The molecule has 10 nitrogen and oxygen atoms in total. The molecule has 31 heavy (non-hydrogen) atoms. The molecule has 0 atom stereocenters. The third-order valence-electron chi connectivity index (χ3n) is 5.24. The molecular weight excluding hydrogens is 402 g/mol. The topological polar surface area (TPSA) is 138 Å². The Morgan fingerprint density at radius 1 is 1.16 bits per heavy atom. The molecule has 2 amide bonds. The minimum absolute atomic E-state index is 0.0724. The molecule has 0 unspecified atom stereocenters. The lowest BCUT2D eigenvalue weighted by atomic mass is 10.1. The number of aryl methyl sites for hydroxylation is 2. The summed E-state index contributed by atoms with van der Waals surface area (Å²) in [5, 5.41) is 6.98. The van der Waals surface area contributed by atoms with Crippen LogP contribution in [0.1, 0.15) is 51.0 Å². The van der Waals surface area contributed by atoms with Crippen LogP contribution in [-0.4, -0.2) is 39.0 Å². The summed E-state index contributed by atoms with van der Waals surface area (Å²) in [6, 6.07) is 3.16. The number of ketones is 1. The average molecular weight is 423 g/mol. The largest absolute Gasteiger partial charge is 0.454 e. The van der Waals surface area contributed by atoms with Crippen LogP contribution in [0.4, 0.5) is 5.69 Å². The maximum absolute atomic E-state index is 12.6. The molecule has 160 valence electrons. The zero-order valence-corrected chi connectivity index (χ0v) is 17.3. The number of ether oxygens (including phenoxy) is 2. The fourth-order valence-corrected chi connectivity index (χ4v) is 3.63. The van der Waals surface area contributed by atoms with Crippen LogP contribution in [0.2, 0.25) is 0 Å². The van der Waals surface area contributed by atoms with Gasteiger partial charge < -0.3 is 20.5 Å². The number of hydrogen-bond donors (Lipinski definition) is 2. The van der Waals surface area contributed by atoms with E-state index in [2.05, 4.69) is 15.4 Å². The van der Waals surface area contributed by atoms with E-state index in [1.165, 1.54) is 13.1 Å². The molecule has 4 rings (SSSR count). The van der Waals surface area contributed by atoms with Crippen molar-refractivity contribution in [1.29, 1.82) is 0 Å². The van der Waals surface area contributed by atoms with Gasteiger partial charge in [0.25, 0.3) is 5.91 Å².